The van der Waals surface area contributed by atoms with Gasteiger partial charge < -0.3 is 14.6 Å². The van der Waals surface area contributed by atoms with E-state index in [9.17, 15) is 9.90 Å². The zero-order chi connectivity index (χ0) is 14.0. The number of aliphatic hydroxyl groups is 1. The van der Waals surface area contributed by atoms with Gasteiger partial charge in [0.05, 0.1) is 0 Å². The zero-order valence-corrected chi connectivity index (χ0v) is 11.9. The number of hydrogen-bond acceptors (Lipinski definition) is 3. The highest BCUT2D eigenvalue weighted by Crippen LogP contribution is 2.28. The molecule has 1 aliphatic rings. The summed E-state index contributed by atoms with van der Waals surface area (Å²) in [5.74, 6) is 1.38. The second kappa shape index (κ2) is 5.74. The van der Waals surface area contributed by atoms with Crippen LogP contribution in [0.15, 0.2) is 12.4 Å². The minimum Gasteiger partial charge on any atom is -0.384 e. The maximum atomic E-state index is 11.7. The average molecular weight is 265 g/mol. The number of hydrogen-bond donors (Lipinski definition) is 1. The van der Waals surface area contributed by atoms with Crippen LogP contribution in [0.2, 0.25) is 0 Å². The SMILES string of the molecule is CC(C)n1ccnc1C1CCN(C(=O)[C@@H](C)O)CC1. The van der Waals surface area contributed by atoms with E-state index in [-0.39, 0.29) is 5.91 Å². The summed E-state index contributed by atoms with van der Waals surface area (Å²) in [6.45, 7) is 7.24. The fraction of sp³-hybridized carbons (Fsp3) is 0.714. The van der Waals surface area contributed by atoms with Crippen LogP contribution in [0.5, 0.6) is 0 Å². The molecule has 0 bridgehead atoms. The third-order valence-corrected chi connectivity index (χ3v) is 3.78. The van der Waals surface area contributed by atoms with Gasteiger partial charge in [-0.25, -0.2) is 4.98 Å². The van der Waals surface area contributed by atoms with Crippen LogP contribution < -0.4 is 0 Å². The molecule has 106 valence electrons. The average Bonchev–Trinajstić information content (AvgIpc) is 2.87. The molecule has 2 heterocycles. The lowest BCUT2D eigenvalue weighted by atomic mass is 9.95. The molecule has 1 atom stereocenters. The molecule has 5 heteroatoms. The Balaban J connectivity index is 2.00. The smallest absolute Gasteiger partial charge is 0.251 e. The molecular weight excluding hydrogens is 242 g/mol. The van der Waals surface area contributed by atoms with Crippen molar-refractivity contribution in [3.8, 4) is 0 Å². The van der Waals surface area contributed by atoms with Crippen LogP contribution in [0.4, 0.5) is 0 Å². The van der Waals surface area contributed by atoms with Crippen molar-refractivity contribution in [3.63, 3.8) is 0 Å². The van der Waals surface area contributed by atoms with Crippen molar-refractivity contribution in [2.24, 2.45) is 0 Å². The van der Waals surface area contributed by atoms with Gasteiger partial charge in [-0.1, -0.05) is 0 Å². The van der Waals surface area contributed by atoms with Crippen LogP contribution in [0, 0.1) is 0 Å². The molecule has 2 rings (SSSR count). The molecular formula is C14H23N3O2. The number of aromatic nitrogens is 2. The van der Waals surface area contributed by atoms with Crippen LogP contribution in [-0.2, 0) is 4.79 Å². The molecule has 1 N–H and O–H groups in total. The van der Waals surface area contributed by atoms with Crippen molar-refractivity contribution in [2.45, 2.75) is 51.7 Å². The van der Waals surface area contributed by atoms with Crippen LogP contribution in [0.1, 0.15) is 51.4 Å². The van der Waals surface area contributed by atoms with Gasteiger partial charge in [0.15, 0.2) is 0 Å². The summed E-state index contributed by atoms with van der Waals surface area (Å²) < 4.78 is 2.21. The minimum atomic E-state index is -0.894. The molecule has 0 radical (unpaired) electrons. The standard InChI is InChI=1S/C14H23N3O2/c1-10(2)17-9-6-15-13(17)12-4-7-16(8-5-12)14(19)11(3)18/h6,9-12,18H,4-5,7-8H2,1-3H3/t11-/m1/s1. The molecule has 0 aliphatic carbocycles. The topological polar surface area (TPSA) is 58.4 Å². The van der Waals surface area contributed by atoms with E-state index >= 15 is 0 Å². The normalized spacial score (nSPS) is 18.9. The van der Waals surface area contributed by atoms with Gasteiger partial charge in [0.25, 0.3) is 5.91 Å². The minimum absolute atomic E-state index is 0.161. The summed E-state index contributed by atoms with van der Waals surface area (Å²) >= 11 is 0. The molecule has 5 nitrogen and oxygen atoms in total. The van der Waals surface area contributed by atoms with E-state index < -0.39 is 6.10 Å². The lowest BCUT2D eigenvalue weighted by Crippen LogP contribution is -2.42. The quantitative estimate of drug-likeness (QED) is 0.902. The molecule has 0 unspecified atom stereocenters. The highest BCUT2D eigenvalue weighted by atomic mass is 16.3. The second-order valence-corrected chi connectivity index (χ2v) is 5.56. The van der Waals surface area contributed by atoms with Gasteiger partial charge in [-0.3, -0.25) is 4.79 Å². The van der Waals surface area contributed by atoms with Crippen molar-refractivity contribution >= 4 is 5.91 Å². The van der Waals surface area contributed by atoms with Crippen molar-refractivity contribution in [2.75, 3.05) is 13.1 Å². The van der Waals surface area contributed by atoms with Crippen molar-refractivity contribution in [3.05, 3.63) is 18.2 Å². The number of likely N-dealkylation sites (tertiary alicyclic amines) is 1. The first kappa shape index (κ1) is 14.1. The largest absolute Gasteiger partial charge is 0.384 e. The van der Waals surface area contributed by atoms with E-state index in [1.807, 2.05) is 12.4 Å². The van der Waals surface area contributed by atoms with Crippen LogP contribution in [0.3, 0.4) is 0 Å². The molecule has 0 aromatic carbocycles. The van der Waals surface area contributed by atoms with E-state index in [4.69, 9.17) is 0 Å². The lowest BCUT2D eigenvalue weighted by molar-refractivity contribution is -0.140. The number of piperidine rings is 1. The van der Waals surface area contributed by atoms with Gasteiger partial charge in [-0.15, -0.1) is 0 Å². The van der Waals surface area contributed by atoms with Crippen molar-refractivity contribution in [1.29, 1.82) is 0 Å². The summed E-state index contributed by atoms with van der Waals surface area (Å²) in [7, 11) is 0. The van der Waals surface area contributed by atoms with Crippen LogP contribution in [-0.4, -0.2) is 44.7 Å². The Morgan fingerprint density at radius 1 is 1.37 bits per heavy atom. The first-order valence-electron chi connectivity index (χ1n) is 7.00. The fourth-order valence-electron chi connectivity index (χ4n) is 2.70. The summed E-state index contributed by atoms with van der Waals surface area (Å²) in [5, 5.41) is 9.33. The highest BCUT2D eigenvalue weighted by molar-refractivity contribution is 5.80. The second-order valence-electron chi connectivity index (χ2n) is 5.56. The number of carbonyl (C=O) groups is 1. The molecule has 1 amide bonds. The van der Waals surface area contributed by atoms with Gasteiger partial charge >= 0.3 is 0 Å². The third kappa shape index (κ3) is 2.97. The Labute approximate surface area is 114 Å². The Bertz CT molecular complexity index is 432. The Hall–Kier alpha value is -1.36. The highest BCUT2D eigenvalue weighted by Gasteiger charge is 2.28. The molecule has 1 aromatic heterocycles. The molecule has 1 aliphatic heterocycles. The molecule has 0 spiro atoms. The summed E-state index contributed by atoms with van der Waals surface area (Å²) in [5.41, 5.74) is 0. The van der Waals surface area contributed by atoms with E-state index in [1.165, 1.54) is 6.92 Å². The van der Waals surface area contributed by atoms with E-state index in [0.717, 1.165) is 18.7 Å². The van der Waals surface area contributed by atoms with E-state index in [0.29, 0.717) is 25.0 Å². The predicted molar refractivity (Wildman–Crippen MR) is 72.8 cm³/mol. The molecule has 1 saturated heterocycles. The number of imidazole rings is 1. The predicted octanol–water partition coefficient (Wildman–Crippen LogP) is 1.55. The fourth-order valence-corrected chi connectivity index (χ4v) is 2.70. The summed E-state index contributed by atoms with van der Waals surface area (Å²) in [4.78, 5) is 18.0. The Kier molecular flexibility index (Phi) is 4.24. The number of carbonyl (C=O) groups excluding carboxylic acids is 1. The zero-order valence-electron chi connectivity index (χ0n) is 11.9. The van der Waals surface area contributed by atoms with E-state index in [2.05, 4.69) is 23.4 Å². The maximum absolute atomic E-state index is 11.7. The Morgan fingerprint density at radius 2 is 2.00 bits per heavy atom. The Morgan fingerprint density at radius 3 is 2.53 bits per heavy atom. The van der Waals surface area contributed by atoms with Gasteiger partial charge in [-0.2, -0.15) is 0 Å². The van der Waals surface area contributed by atoms with Crippen molar-refractivity contribution < 1.29 is 9.90 Å². The maximum Gasteiger partial charge on any atom is 0.251 e. The molecule has 1 aromatic rings. The van der Waals surface area contributed by atoms with Gasteiger partial charge in [0, 0.05) is 37.4 Å². The number of aliphatic hydroxyl groups excluding tert-OH is 1. The van der Waals surface area contributed by atoms with Crippen LogP contribution in [0.25, 0.3) is 0 Å². The van der Waals surface area contributed by atoms with Gasteiger partial charge in [-0.05, 0) is 33.6 Å². The summed E-state index contributed by atoms with van der Waals surface area (Å²) in [6.07, 6.45) is 4.81. The first-order valence-corrected chi connectivity index (χ1v) is 7.00. The van der Waals surface area contributed by atoms with Gasteiger partial charge in [0.1, 0.15) is 11.9 Å². The number of amides is 1. The van der Waals surface area contributed by atoms with Crippen molar-refractivity contribution in [1.82, 2.24) is 14.5 Å². The lowest BCUT2D eigenvalue weighted by Gasteiger charge is -2.33. The molecule has 0 saturated carbocycles. The monoisotopic (exact) mass is 265 g/mol. The third-order valence-electron chi connectivity index (χ3n) is 3.78. The van der Waals surface area contributed by atoms with Gasteiger partial charge in [0.2, 0.25) is 0 Å². The number of rotatable bonds is 3. The first-order chi connectivity index (χ1) is 9.00. The van der Waals surface area contributed by atoms with E-state index in [1.54, 1.807) is 4.90 Å². The van der Waals surface area contributed by atoms with Crippen LogP contribution >= 0.6 is 0 Å². The number of nitrogens with zero attached hydrogens (tertiary/aromatic N) is 3. The summed E-state index contributed by atoms with van der Waals surface area (Å²) in [6, 6.07) is 0.412. The molecule has 1 fully saturated rings. The molecule has 19 heavy (non-hydrogen) atoms.